The Morgan fingerprint density at radius 3 is 2.80 bits per heavy atom. The van der Waals surface area contributed by atoms with E-state index in [1.165, 1.54) is 0 Å². The number of nitrogens with zero attached hydrogens (tertiary/aromatic N) is 4. The minimum absolute atomic E-state index is 0.0692. The van der Waals surface area contributed by atoms with Crippen molar-refractivity contribution in [2.24, 2.45) is 5.92 Å². The topological polar surface area (TPSA) is 72.3 Å². The van der Waals surface area contributed by atoms with Crippen molar-refractivity contribution in [1.82, 2.24) is 25.2 Å². The van der Waals surface area contributed by atoms with Gasteiger partial charge in [-0.25, -0.2) is 4.68 Å². The van der Waals surface area contributed by atoms with Crippen LogP contribution >= 0.6 is 0 Å². The lowest BCUT2D eigenvalue weighted by Gasteiger charge is -2.30. The predicted octanol–water partition coefficient (Wildman–Crippen LogP) is 1.29. The van der Waals surface area contributed by atoms with E-state index in [-0.39, 0.29) is 17.9 Å². The van der Waals surface area contributed by atoms with Crippen molar-refractivity contribution in [1.29, 1.82) is 0 Å². The van der Waals surface area contributed by atoms with Crippen LogP contribution in [0.4, 0.5) is 0 Å². The molecule has 1 amide bonds. The third-order valence-corrected chi connectivity index (χ3v) is 4.74. The minimum atomic E-state index is -0.163. The molecular weight excluding hydrogens is 318 g/mol. The average Bonchev–Trinajstić information content (AvgIpc) is 3.05. The summed E-state index contributed by atoms with van der Waals surface area (Å²) in [6.45, 7) is 8.89. The van der Waals surface area contributed by atoms with Gasteiger partial charge < -0.3 is 10.1 Å². The molecule has 1 aromatic heterocycles. The Hall–Kier alpha value is -1.99. The van der Waals surface area contributed by atoms with Gasteiger partial charge >= 0.3 is 0 Å². The monoisotopic (exact) mass is 345 g/mol. The first-order chi connectivity index (χ1) is 12.2. The number of carbonyl (C=O) groups excluding carboxylic acids is 1. The molecule has 0 spiro atoms. The van der Waals surface area contributed by atoms with E-state index in [0.29, 0.717) is 6.54 Å². The van der Waals surface area contributed by atoms with E-state index < -0.39 is 0 Å². The van der Waals surface area contributed by atoms with Crippen LogP contribution in [0.2, 0.25) is 0 Å². The number of fused-ring (bicyclic) bond motifs is 1. The second-order valence-corrected chi connectivity index (χ2v) is 6.69. The van der Waals surface area contributed by atoms with E-state index in [0.717, 1.165) is 50.3 Å². The molecule has 0 aliphatic carbocycles. The molecule has 0 radical (unpaired) electrons. The third-order valence-electron chi connectivity index (χ3n) is 4.74. The molecule has 2 aromatic rings. The Kier molecular flexibility index (Phi) is 5.99. The van der Waals surface area contributed by atoms with Gasteiger partial charge in [0.2, 0.25) is 5.91 Å². The van der Waals surface area contributed by atoms with Gasteiger partial charge in [0.25, 0.3) is 0 Å². The van der Waals surface area contributed by atoms with Gasteiger partial charge in [-0.15, -0.1) is 5.10 Å². The molecule has 0 saturated carbocycles. The summed E-state index contributed by atoms with van der Waals surface area (Å²) in [6.07, 6.45) is 0.919. The standard InChI is InChI=1S/C18H27N5O2/c1-3-15(13-22-8-10-25-11-9-22)19-18(24)14(2)12-23-17-7-5-4-6-16(17)20-21-23/h4-7,14-15H,3,8-13H2,1-2H3,(H,19,24). The number of nitrogens with one attached hydrogen (secondary N) is 1. The largest absolute Gasteiger partial charge is 0.379 e. The highest BCUT2D eigenvalue weighted by Crippen LogP contribution is 2.12. The van der Waals surface area contributed by atoms with E-state index in [1.807, 2.05) is 35.9 Å². The van der Waals surface area contributed by atoms with Crippen molar-refractivity contribution in [3.63, 3.8) is 0 Å². The van der Waals surface area contributed by atoms with Crippen LogP contribution in [0, 0.1) is 5.92 Å². The lowest BCUT2D eigenvalue weighted by molar-refractivity contribution is -0.125. The number of para-hydroxylation sites is 1. The average molecular weight is 345 g/mol. The molecule has 2 unspecified atom stereocenters. The summed E-state index contributed by atoms with van der Waals surface area (Å²) >= 11 is 0. The number of hydrogen-bond acceptors (Lipinski definition) is 5. The number of ether oxygens (including phenoxy) is 1. The molecule has 0 bridgehead atoms. The molecule has 3 rings (SSSR count). The van der Waals surface area contributed by atoms with Gasteiger partial charge in [0.05, 0.1) is 31.2 Å². The quantitative estimate of drug-likeness (QED) is 0.819. The molecule has 1 aliphatic heterocycles. The lowest BCUT2D eigenvalue weighted by Crippen LogP contribution is -2.48. The van der Waals surface area contributed by atoms with Crippen molar-refractivity contribution in [3.05, 3.63) is 24.3 Å². The number of benzene rings is 1. The number of rotatable bonds is 7. The lowest BCUT2D eigenvalue weighted by atomic mass is 10.1. The molecule has 7 heteroatoms. The van der Waals surface area contributed by atoms with E-state index in [2.05, 4.69) is 27.5 Å². The van der Waals surface area contributed by atoms with Gasteiger partial charge in [0, 0.05) is 25.7 Å². The Balaban J connectivity index is 1.55. The smallest absolute Gasteiger partial charge is 0.224 e. The summed E-state index contributed by atoms with van der Waals surface area (Å²) in [7, 11) is 0. The maximum atomic E-state index is 12.6. The summed E-state index contributed by atoms with van der Waals surface area (Å²) in [5.74, 6) is -0.0939. The Morgan fingerprint density at radius 1 is 1.28 bits per heavy atom. The first-order valence-electron chi connectivity index (χ1n) is 9.06. The summed E-state index contributed by atoms with van der Waals surface area (Å²) in [5, 5.41) is 11.5. The highest BCUT2D eigenvalue weighted by atomic mass is 16.5. The molecule has 1 aliphatic rings. The highest BCUT2D eigenvalue weighted by molar-refractivity contribution is 5.79. The predicted molar refractivity (Wildman–Crippen MR) is 96.2 cm³/mol. The molecule has 7 nitrogen and oxygen atoms in total. The minimum Gasteiger partial charge on any atom is -0.379 e. The van der Waals surface area contributed by atoms with Crippen LogP contribution in [-0.2, 0) is 16.1 Å². The van der Waals surface area contributed by atoms with Gasteiger partial charge in [-0.2, -0.15) is 0 Å². The molecule has 136 valence electrons. The van der Waals surface area contributed by atoms with Crippen LogP contribution in [0.25, 0.3) is 11.0 Å². The van der Waals surface area contributed by atoms with Gasteiger partial charge in [0.15, 0.2) is 0 Å². The van der Waals surface area contributed by atoms with Crippen LogP contribution in [0.5, 0.6) is 0 Å². The fourth-order valence-electron chi connectivity index (χ4n) is 3.11. The normalized spacial score (nSPS) is 18.2. The van der Waals surface area contributed by atoms with Crippen molar-refractivity contribution >= 4 is 16.9 Å². The Labute approximate surface area is 148 Å². The molecular formula is C18H27N5O2. The SMILES string of the molecule is CCC(CN1CCOCC1)NC(=O)C(C)Cn1nnc2ccccc21. The maximum Gasteiger partial charge on any atom is 0.224 e. The summed E-state index contributed by atoms with van der Waals surface area (Å²) < 4.78 is 7.19. The maximum absolute atomic E-state index is 12.6. The van der Waals surface area contributed by atoms with Crippen LogP contribution < -0.4 is 5.32 Å². The van der Waals surface area contributed by atoms with Gasteiger partial charge in [-0.05, 0) is 18.6 Å². The molecule has 1 saturated heterocycles. The third kappa shape index (κ3) is 4.55. The Bertz CT molecular complexity index is 696. The van der Waals surface area contributed by atoms with Crippen LogP contribution in [0.3, 0.4) is 0 Å². The van der Waals surface area contributed by atoms with E-state index in [4.69, 9.17) is 4.74 Å². The fourth-order valence-corrected chi connectivity index (χ4v) is 3.11. The zero-order valence-electron chi connectivity index (χ0n) is 15.0. The molecule has 1 fully saturated rings. The Morgan fingerprint density at radius 2 is 2.04 bits per heavy atom. The number of morpholine rings is 1. The van der Waals surface area contributed by atoms with Gasteiger partial charge in [-0.1, -0.05) is 31.2 Å². The van der Waals surface area contributed by atoms with E-state index in [9.17, 15) is 4.79 Å². The molecule has 1 aromatic carbocycles. The molecule has 1 N–H and O–H groups in total. The van der Waals surface area contributed by atoms with E-state index >= 15 is 0 Å². The summed E-state index contributed by atoms with van der Waals surface area (Å²) in [6, 6.07) is 7.98. The fraction of sp³-hybridized carbons (Fsp3) is 0.611. The summed E-state index contributed by atoms with van der Waals surface area (Å²) in [5.41, 5.74) is 1.82. The molecule has 25 heavy (non-hydrogen) atoms. The second kappa shape index (κ2) is 8.40. The van der Waals surface area contributed by atoms with Crippen LogP contribution in [-0.4, -0.2) is 64.7 Å². The number of carbonyl (C=O) groups is 1. The van der Waals surface area contributed by atoms with Crippen LogP contribution in [0.1, 0.15) is 20.3 Å². The molecule has 2 heterocycles. The van der Waals surface area contributed by atoms with Crippen molar-refractivity contribution in [2.75, 3.05) is 32.8 Å². The number of amides is 1. The highest BCUT2D eigenvalue weighted by Gasteiger charge is 2.21. The van der Waals surface area contributed by atoms with E-state index in [1.54, 1.807) is 0 Å². The first-order valence-corrected chi connectivity index (χ1v) is 9.06. The van der Waals surface area contributed by atoms with Gasteiger partial charge in [-0.3, -0.25) is 9.69 Å². The zero-order chi connectivity index (χ0) is 17.6. The first kappa shape index (κ1) is 17.8. The molecule has 2 atom stereocenters. The van der Waals surface area contributed by atoms with Gasteiger partial charge in [0.1, 0.15) is 5.52 Å². The number of hydrogen-bond donors (Lipinski definition) is 1. The summed E-state index contributed by atoms with van der Waals surface area (Å²) in [4.78, 5) is 15.0. The van der Waals surface area contributed by atoms with Crippen LogP contribution in [0.15, 0.2) is 24.3 Å². The number of aromatic nitrogens is 3. The van der Waals surface area contributed by atoms with Crippen molar-refractivity contribution < 1.29 is 9.53 Å². The van der Waals surface area contributed by atoms with Crippen molar-refractivity contribution in [3.8, 4) is 0 Å². The zero-order valence-corrected chi connectivity index (χ0v) is 15.0. The second-order valence-electron chi connectivity index (χ2n) is 6.69. The van der Waals surface area contributed by atoms with Crippen molar-refractivity contribution in [2.45, 2.75) is 32.9 Å².